The van der Waals surface area contributed by atoms with E-state index in [0.717, 1.165) is 31.3 Å². The van der Waals surface area contributed by atoms with Crippen molar-refractivity contribution in [2.45, 2.75) is 62.9 Å². The zero-order chi connectivity index (χ0) is 27.6. The summed E-state index contributed by atoms with van der Waals surface area (Å²) in [5.41, 5.74) is -9.69. The highest BCUT2D eigenvalue weighted by molar-refractivity contribution is 7.54. The van der Waals surface area contributed by atoms with E-state index in [1.807, 2.05) is 0 Å². The van der Waals surface area contributed by atoms with Crippen LogP contribution in [-0.4, -0.2) is 49.7 Å². The summed E-state index contributed by atoms with van der Waals surface area (Å²) in [6.45, 7) is 1.95. The fraction of sp³-hybridized carbons (Fsp3) is 0.455. The lowest BCUT2D eigenvalue weighted by molar-refractivity contribution is -0.159. The minimum absolute atomic E-state index is 0.271. The van der Waals surface area contributed by atoms with Gasteiger partial charge in [-0.1, -0.05) is 18.2 Å². The van der Waals surface area contributed by atoms with E-state index in [1.165, 1.54) is 25.1 Å². The van der Waals surface area contributed by atoms with Gasteiger partial charge in [-0.3, -0.25) is 9.59 Å². The van der Waals surface area contributed by atoms with Gasteiger partial charge in [-0.05, 0) is 26.0 Å². The van der Waals surface area contributed by atoms with Crippen molar-refractivity contribution in [3.05, 3.63) is 63.4 Å². The van der Waals surface area contributed by atoms with E-state index in [2.05, 4.69) is 9.51 Å². The van der Waals surface area contributed by atoms with Gasteiger partial charge in [-0.2, -0.15) is 8.78 Å². The number of alkyl halides is 3. The first-order valence-corrected chi connectivity index (χ1v) is 12.5. The predicted molar refractivity (Wildman–Crippen MR) is 121 cm³/mol. The first-order chi connectivity index (χ1) is 17.2. The zero-order valence-electron chi connectivity index (χ0n) is 19.6. The molecule has 3 rings (SSSR count). The molecule has 0 amide bonds. The molecule has 5 atom stereocenters. The van der Waals surface area contributed by atoms with E-state index < -0.39 is 73.2 Å². The SMILES string of the molecule is CC(=O)CCC(=O)O[C@@H]1[C@@H](CC(F)(F)P(=O)(O)Oc2ccccc2)O[C@@H](n2c(=O)cc[nH]c2=O)[C@]1(C)F. The largest absolute Gasteiger partial charge is 0.456 e. The van der Waals surface area contributed by atoms with Gasteiger partial charge < -0.3 is 28.7 Å². The Balaban J connectivity index is 1.96. The van der Waals surface area contributed by atoms with E-state index in [-0.39, 0.29) is 16.7 Å². The number of carbonyl (C=O) groups excluding carboxylic acids is 2. The lowest BCUT2D eigenvalue weighted by Gasteiger charge is -2.29. The molecule has 0 radical (unpaired) electrons. The molecule has 1 aromatic heterocycles. The highest BCUT2D eigenvalue weighted by Crippen LogP contribution is 2.60. The predicted octanol–water partition coefficient (Wildman–Crippen LogP) is 2.69. The average Bonchev–Trinajstić information content (AvgIpc) is 3.02. The Labute approximate surface area is 207 Å². The van der Waals surface area contributed by atoms with Gasteiger partial charge in [0.15, 0.2) is 18.0 Å². The third kappa shape index (κ3) is 6.20. The van der Waals surface area contributed by atoms with Gasteiger partial charge in [-0.15, -0.1) is 0 Å². The number of esters is 1. The van der Waals surface area contributed by atoms with Crippen LogP contribution in [0, 0.1) is 0 Å². The molecule has 2 aromatic rings. The van der Waals surface area contributed by atoms with Crippen LogP contribution in [0.1, 0.15) is 39.3 Å². The highest BCUT2D eigenvalue weighted by Gasteiger charge is 2.63. The lowest BCUT2D eigenvalue weighted by Crippen LogP contribution is -2.48. The first kappa shape index (κ1) is 28.4. The van der Waals surface area contributed by atoms with Crippen molar-refractivity contribution in [2.75, 3.05) is 0 Å². The lowest BCUT2D eigenvalue weighted by atomic mass is 9.96. The number of hydrogen-bond donors (Lipinski definition) is 2. The van der Waals surface area contributed by atoms with Crippen molar-refractivity contribution in [3.63, 3.8) is 0 Å². The number of hydrogen-bond acceptors (Lipinski definition) is 8. The maximum atomic E-state index is 16.0. The molecule has 0 aliphatic carbocycles. The van der Waals surface area contributed by atoms with Crippen LogP contribution in [0.25, 0.3) is 0 Å². The second kappa shape index (κ2) is 10.6. The van der Waals surface area contributed by atoms with Crippen molar-refractivity contribution < 1.29 is 46.2 Å². The molecular formula is C22H24F3N2O9P. The third-order valence-corrected chi connectivity index (χ3v) is 7.04. The second-order valence-electron chi connectivity index (χ2n) is 8.58. The summed E-state index contributed by atoms with van der Waals surface area (Å²) in [6, 6.07) is 7.43. The number of nitrogens with zero attached hydrogens (tertiary/aromatic N) is 1. The van der Waals surface area contributed by atoms with E-state index in [1.54, 1.807) is 0 Å². The number of ether oxygens (including phenoxy) is 2. The van der Waals surface area contributed by atoms with Crippen LogP contribution < -0.4 is 15.8 Å². The quantitative estimate of drug-likeness (QED) is 0.337. The molecule has 0 saturated carbocycles. The van der Waals surface area contributed by atoms with E-state index in [9.17, 15) is 28.6 Å². The molecule has 1 unspecified atom stereocenters. The van der Waals surface area contributed by atoms with Crippen molar-refractivity contribution in [1.29, 1.82) is 0 Å². The molecule has 2 N–H and O–H groups in total. The van der Waals surface area contributed by atoms with Crippen LogP contribution in [0.5, 0.6) is 5.75 Å². The van der Waals surface area contributed by atoms with Crippen molar-refractivity contribution in [1.82, 2.24) is 9.55 Å². The second-order valence-corrected chi connectivity index (χ2v) is 10.5. The molecule has 1 fully saturated rings. The standard InChI is InChI=1S/C22H24F3N2O9P/c1-13(28)8-9-17(30)35-18-15(12-22(24,25)37(32,33)36-14-6-4-3-5-7-14)34-19(21(18,2)23)27-16(29)10-11-26-20(27)31/h3-7,10-11,15,18-19H,8-9,12H2,1-2H3,(H,26,31)(H,32,33)/t15-,18-,19-,21-/m1/s1. The minimum atomic E-state index is -5.77. The van der Waals surface area contributed by atoms with Gasteiger partial charge >= 0.3 is 24.9 Å². The summed E-state index contributed by atoms with van der Waals surface area (Å²) in [4.78, 5) is 60.1. The van der Waals surface area contributed by atoms with Crippen LogP contribution in [0.15, 0.2) is 52.2 Å². The molecule has 1 aromatic carbocycles. The van der Waals surface area contributed by atoms with Crippen LogP contribution in [0.3, 0.4) is 0 Å². The number of aromatic amines is 1. The number of carbonyl (C=O) groups is 2. The van der Waals surface area contributed by atoms with Gasteiger partial charge in [0.2, 0.25) is 0 Å². The van der Waals surface area contributed by atoms with Crippen molar-refractivity contribution in [3.8, 4) is 5.75 Å². The summed E-state index contributed by atoms with van der Waals surface area (Å²) in [6.07, 6.45) is -7.93. The van der Waals surface area contributed by atoms with E-state index in [0.29, 0.717) is 0 Å². The van der Waals surface area contributed by atoms with Crippen LogP contribution in [0.4, 0.5) is 13.2 Å². The highest BCUT2D eigenvalue weighted by atomic mass is 31.2. The van der Waals surface area contributed by atoms with E-state index in [4.69, 9.17) is 9.47 Å². The fourth-order valence-corrected chi connectivity index (χ4v) is 4.67. The summed E-state index contributed by atoms with van der Waals surface area (Å²) in [5.74, 6) is -1.89. The Bertz CT molecular complexity index is 1280. The number of para-hydroxylation sites is 1. The first-order valence-electron chi connectivity index (χ1n) is 10.9. The van der Waals surface area contributed by atoms with Crippen LogP contribution in [0.2, 0.25) is 0 Å². The number of H-pyrrole nitrogens is 1. The van der Waals surface area contributed by atoms with Gasteiger partial charge in [0.25, 0.3) is 5.56 Å². The molecule has 0 bridgehead atoms. The maximum absolute atomic E-state index is 16.0. The average molecular weight is 548 g/mol. The maximum Gasteiger partial charge on any atom is 0.445 e. The minimum Gasteiger partial charge on any atom is -0.456 e. The molecule has 11 nitrogen and oxygen atoms in total. The van der Waals surface area contributed by atoms with Crippen molar-refractivity contribution >= 4 is 19.3 Å². The molecule has 1 aliphatic rings. The summed E-state index contributed by atoms with van der Waals surface area (Å²) < 4.78 is 73.9. The molecule has 37 heavy (non-hydrogen) atoms. The topological polar surface area (TPSA) is 154 Å². The number of halogens is 3. The van der Waals surface area contributed by atoms with Gasteiger partial charge in [0.05, 0.1) is 12.8 Å². The molecule has 0 spiro atoms. The number of aromatic nitrogens is 2. The summed E-state index contributed by atoms with van der Waals surface area (Å²) in [5, 5.41) is 0. The Kier molecular flexibility index (Phi) is 8.15. The molecule has 2 heterocycles. The monoisotopic (exact) mass is 548 g/mol. The molecule has 1 saturated heterocycles. The normalized spacial score (nSPS) is 25.3. The number of Topliss-reactive ketones (excluding diaryl/α,β-unsaturated/α-hetero) is 1. The van der Waals surface area contributed by atoms with Crippen molar-refractivity contribution in [2.24, 2.45) is 0 Å². The molecular weight excluding hydrogens is 524 g/mol. The number of nitrogens with one attached hydrogen (secondary N) is 1. The smallest absolute Gasteiger partial charge is 0.445 e. The summed E-state index contributed by atoms with van der Waals surface area (Å²) >= 11 is 0. The van der Waals surface area contributed by atoms with E-state index >= 15 is 13.2 Å². The Morgan fingerprint density at radius 3 is 2.46 bits per heavy atom. The number of ketones is 1. The van der Waals surface area contributed by atoms with Gasteiger partial charge in [0.1, 0.15) is 17.6 Å². The fourth-order valence-electron chi connectivity index (χ4n) is 3.72. The zero-order valence-corrected chi connectivity index (χ0v) is 20.5. The molecule has 202 valence electrons. The van der Waals surface area contributed by atoms with Crippen LogP contribution in [-0.2, 0) is 23.6 Å². The summed E-state index contributed by atoms with van der Waals surface area (Å²) in [7, 11) is -5.77. The molecule has 15 heteroatoms. The Morgan fingerprint density at radius 2 is 1.86 bits per heavy atom. The number of rotatable bonds is 10. The van der Waals surface area contributed by atoms with Gasteiger partial charge in [0, 0.05) is 18.7 Å². The number of benzene rings is 1. The van der Waals surface area contributed by atoms with Crippen LogP contribution >= 0.6 is 7.60 Å². The Morgan fingerprint density at radius 1 is 1.22 bits per heavy atom. The third-order valence-electron chi connectivity index (χ3n) is 5.58. The Hall–Kier alpha value is -3.22. The van der Waals surface area contributed by atoms with Gasteiger partial charge in [-0.25, -0.2) is 18.3 Å². The molecule has 1 aliphatic heterocycles.